The molecule has 1 amide bonds. The third-order valence-electron chi connectivity index (χ3n) is 3.04. The molecule has 0 fully saturated rings. The summed E-state index contributed by atoms with van der Waals surface area (Å²) >= 11 is 0. The third kappa shape index (κ3) is 5.70. The first-order chi connectivity index (χ1) is 11.9. The average Bonchev–Trinajstić information content (AvgIpc) is 2.51. The second-order valence-corrected chi connectivity index (χ2v) is 7.34. The van der Waals surface area contributed by atoms with Gasteiger partial charge in [-0.2, -0.15) is 27.1 Å². The van der Waals surface area contributed by atoms with E-state index in [1.165, 1.54) is 54.4 Å². The Morgan fingerprint density at radius 1 is 0.885 bits per heavy atom. The van der Waals surface area contributed by atoms with Crippen molar-refractivity contribution in [2.45, 2.75) is 0 Å². The normalized spacial score (nSPS) is 11.7. The van der Waals surface area contributed by atoms with Crippen LogP contribution in [0.3, 0.4) is 0 Å². The van der Waals surface area contributed by atoms with Crippen molar-refractivity contribution < 1.29 is 30.0 Å². The Labute approximate surface area is 150 Å². The van der Waals surface area contributed by atoms with E-state index in [0.29, 0.717) is 5.69 Å². The van der Waals surface area contributed by atoms with Crippen molar-refractivity contribution in [1.29, 1.82) is 0 Å². The molecule has 12 heteroatoms. The lowest BCUT2D eigenvalue weighted by molar-refractivity contribution is 0.0993. The molecular weight excluding hydrogens is 386 g/mol. The number of benzene rings is 2. The molecule has 140 valence electrons. The predicted molar refractivity (Wildman–Crippen MR) is 93.1 cm³/mol. The van der Waals surface area contributed by atoms with Gasteiger partial charge in [0.2, 0.25) is 0 Å². The van der Waals surface area contributed by atoms with Gasteiger partial charge in [-0.3, -0.25) is 4.79 Å². The fourth-order valence-electron chi connectivity index (χ4n) is 1.98. The number of nitrogens with two attached hydrogens (primary N) is 2. The first-order valence-electron chi connectivity index (χ1n) is 6.87. The van der Waals surface area contributed by atoms with Crippen molar-refractivity contribution in [2.24, 2.45) is 10.3 Å². The number of carbonyl (C=O) groups excluding carboxylic acids is 1. The fourth-order valence-corrected chi connectivity index (χ4v) is 2.73. The summed E-state index contributed by atoms with van der Waals surface area (Å²) in [4.78, 5) is 13.7. The van der Waals surface area contributed by atoms with Crippen LogP contribution in [0, 0.1) is 0 Å². The second-order valence-electron chi connectivity index (χ2n) is 5.04. The van der Waals surface area contributed by atoms with Crippen LogP contribution in [-0.4, -0.2) is 29.8 Å². The summed E-state index contributed by atoms with van der Waals surface area (Å²) in [7, 11) is -6.88. The highest BCUT2D eigenvalue weighted by atomic mass is 32.2. The molecule has 0 saturated carbocycles. The molecule has 2 rings (SSSR count). The molecule has 0 heterocycles. The van der Waals surface area contributed by atoms with Crippen molar-refractivity contribution in [1.82, 2.24) is 0 Å². The van der Waals surface area contributed by atoms with Crippen LogP contribution in [0.2, 0.25) is 0 Å². The summed E-state index contributed by atoms with van der Waals surface area (Å²) in [5.41, 5.74) is 0.577. The van der Waals surface area contributed by atoms with Crippen LogP contribution in [0.4, 0.5) is 5.69 Å². The van der Waals surface area contributed by atoms with Crippen LogP contribution >= 0.6 is 0 Å². The Hall–Kier alpha value is -2.67. The molecule has 0 aliphatic rings. The van der Waals surface area contributed by atoms with E-state index in [0.717, 1.165) is 0 Å². The fraction of sp³-hybridized carbons (Fsp3) is 0.0714. The van der Waals surface area contributed by atoms with Gasteiger partial charge in [0.05, 0.1) is 0 Å². The van der Waals surface area contributed by atoms with Gasteiger partial charge in [0.25, 0.3) is 5.91 Å². The average molecular weight is 401 g/mol. The van der Waals surface area contributed by atoms with Crippen molar-refractivity contribution >= 4 is 32.2 Å². The van der Waals surface area contributed by atoms with Crippen molar-refractivity contribution in [3.8, 4) is 11.5 Å². The number of hydrogen-bond donors (Lipinski definition) is 2. The molecule has 0 spiro atoms. The Morgan fingerprint density at radius 3 is 1.96 bits per heavy atom. The number of rotatable bonds is 6. The Kier molecular flexibility index (Phi) is 5.51. The van der Waals surface area contributed by atoms with Crippen LogP contribution in [0.1, 0.15) is 10.4 Å². The summed E-state index contributed by atoms with van der Waals surface area (Å²) in [5.74, 6) is -0.545. The Bertz CT molecular complexity index is 1020. The van der Waals surface area contributed by atoms with Gasteiger partial charge < -0.3 is 13.3 Å². The van der Waals surface area contributed by atoms with Gasteiger partial charge in [0.15, 0.2) is 0 Å². The number of carbonyl (C=O) groups is 1. The lowest BCUT2D eigenvalue weighted by Crippen LogP contribution is -2.26. The molecule has 0 atom stereocenters. The molecule has 0 unspecified atom stereocenters. The predicted octanol–water partition coefficient (Wildman–Crippen LogP) is 0.128. The van der Waals surface area contributed by atoms with Crippen LogP contribution < -0.4 is 23.5 Å². The number of nitrogens with zero attached hydrogens (tertiary/aromatic N) is 1. The van der Waals surface area contributed by atoms with Crippen molar-refractivity contribution in [2.75, 3.05) is 11.9 Å². The van der Waals surface area contributed by atoms with E-state index in [2.05, 4.69) is 8.37 Å². The van der Waals surface area contributed by atoms with Crippen LogP contribution in [0.5, 0.6) is 11.5 Å². The monoisotopic (exact) mass is 401 g/mol. The summed E-state index contributed by atoms with van der Waals surface area (Å²) in [5, 5.41) is 9.57. The quantitative estimate of drug-likeness (QED) is 0.695. The maximum absolute atomic E-state index is 12.5. The van der Waals surface area contributed by atoms with Gasteiger partial charge >= 0.3 is 20.6 Å². The van der Waals surface area contributed by atoms with E-state index in [-0.39, 0.29) is 17.1 Å². The highest BCUT2D eigenvalue weighted by Gasteiger charge is 2.16. The number of hydrogen-bond acceptors (Lipinski definition) is 7. The zero-order valence-electron chi connectivity index (χ0n) is 13.4. The van der Waals surface area contributed by atoms with Crippen LogP contribution in [-0.2, 0) is 20.6 Å². The summed E-state index contributed by atoms with van der Waals surface area (Å²) in [6, 6.07) is 11.0. The molecule has 2 aromatic rings. The lowest BCUT2D eigenvalue weighted by Gasteiger charge is -2.18. The summed E-state index contributed by atoms with van der Waals surface area (Å²) < 4.78 is 52.7. The minimum Gasteiger partial charge on any atom is -0.371 e. The van der Waals surface area contributed by atoms with E-state index in [1.54, 1.807) is 6.07 Å². The van der Waals surface area contributed by atoms with E-state index in [1.807, 2.05) is 0 Å². The lowest BCUT2D eigenvalue weighted by atomic mass is 10.2. The van der Waals surface area contributed by atoms with Gasteiger partial charge in [-0.25, -0.2) is 0 Å². The Balaban J connectivity index is 2.20. The zero-order chi connectivity index (χ0) is 19.5. The first-order valence-corrected chi connectivity index (χ1v) is 9.81. The second kappa shape index (κ2) is 7.29. The Morgan fingerprint density at radius 2 is 1.42 bits per heavy atom. The topological polar surface area (TPSA) is 159 Å². The van der Waals surface area contributed by atoms with Gasteiger partial charge in [-0.05, 0) is 36.4 Å². The zero-order valence-corrected chi connectivity index (χ0v) is 15.0. The highest BCUT2D eigenvalue weighted by molar-refractivity contribution is 7.85. The van der Waals surface area contributed by atoms with E-state index < -0.39 is 26.5 Å². The molecule has 4 N–H and O–H groups in total. The van der Waals surface area contributed by atoms with Gasteiger partial charge in [-0.15, -0.1) is 0 Å². The number of anilines is 1. The number of amides is 1. The molecule has 0 bridgehead atoms. The van der Waals surface area contributed by atoms with Crippen LogP contribution in [0.25, 0.3) is 0 Å². The van der Waals surface area contributed by atoms with Crippen molar-refractivity contribution in [3.05, 3.63) is 54.1 Å². The maximum Gasteiger partial charge on any atom is 0.380 e. The molecule has 0 saturated heterocycles. The van der Waals surface area contributed by atoms with Gasteiger partial charge in [0.1, 0.15) is 11.5 Å². The molecule has 0 aliphatic heterocycles. The largest absolute Gasteiger partial charge is 0.380 e. The SMILES string of the molecule is CN(C(=O)c1ccc(OS(N)(=O)=O)cc1)c1cccc(OS(N)(=O)=O)c1. The molecule has 2 aromatic carbocycles. The smallest absolute Gasteiger partial charge is 0.371 e. The van der Waals surface area contributed by atoms with E-state index >= 15 is 0 Å². The highest BCUT2D eigenvalue weighted by Crippen LogP contribution is 2.23. The van der Waals surface area contributed by atoms with Gasteiger partial charge in [0, 0.05) is 24.4 Å². The standard InChI is InChI=1S/C14H15N3O7S2/c1-17(11-3-2-4-13(9-11)24-26(16,21)22)14(18)10-5-7-12(8-6-10)23-25(15,19)20/h2-9H,1H3,(H2,15,19,20)(H2,16,21,22). The molecular formula is C14H15N3O7S2. The first kappa shape index (κ1) is 19.7. The molecule has 0 radical (unpaired) electrons. The van der Waals surface area contributed by atoms with E-state index in [9.17, 15) is 21.6 Å². The molecule has 0 aromatic heterocycles. The molecule has 10 nitrogen and oxygen atoms in total. The molecule has 26 heavy (non-hydrogen) atoms. The third-order valence-corrected chi connectivity index (χ3v) is 3.89. The van der Waals surface area contributed by atoms with Gasteiger partial charge in [-0.1, -0.05) is 6.07 Å². The summed E-state index contributed by atoms with van der Waals surface area (Å²) in [6.45, 7) is 0. The van der Waals surface area contributed by atoms with Crippen LogP contribution in [0.15, 0.2) is 48.5 Å². The minimum absolute atomic E-state index is 0.0461. The maximum atomic E-state index is 12.5. The minimum atomic E-state index is -4.19. The molecule has 0 aliphatic carbocycles. The van der Waals surface area contributed by atoms with E-state index in [4.69, 9.17) is 10.3 Å². The summed E-state index contributed by atoms with van der Waals surface area (Å²) in [6.07, 6.45) is 0. The van der Waals surface area contributed by atoms with Crippen molar-refractivity contribution in [3.63, 3.8) is 0 Å².